The highest BCUT2D eigenvalue weighted by Gasteiger charge is 2.36. The van der Waals surface area contributed by atoms with Gasteiger partial charge in [-0.25, -0.2) is 4.79 Å². The maximum atomic E-state index is 9.25. The van der Waals surface area contributed by atoms with E-state index >= 15 is 0 Å². The number of unbranched alkanes of at least 4 members (excludes halogenated alkanes) is 4. The fourth-order valence-corrected chi connectivity index (χ4v) is 3.30. The summed E-state index contributed by atoms with van der Waals surface area (Å²) in [7, 11) is 2.74. The molecule has 5 nitrogen and oxygen atoms in total. The van der Waals surface area contributed by atoms with Gasteiger partial charge in [0, 0.05) is 33.4 Å². The molecule has 6 heteroatoms. The maximum absolute atomic E-state index is 9.25. The van der Waals surface area contributed by atoms with Crippen LogP contribution in [0.1, 0.15) is 39.0 Å². The zero-order chi connectivity index (χ0) is 15.1. The lowest BCUT2D eigenvalue weighted by Gasteiger charge is -2.24. The van der Waals surface area contributed by atoms with Crippen molar-refractivity contribution in [3.63, 3.8) is 0 Å². The summed E-state index contributed by atoms with van der Waals surface area (Å²) in [6.07, 6.45) is 7.13. The smallest absolute Gasteiger partial charge is 0.478 e. The van der Waals surface area contributed by atoms with E-state index in [-0.39, 0.29) is 0 Å². The molecule has 0 radical (unpaired) electrons. The predicted octanol–water partition coefficient (Wildman–Crippen LogP) is 3.09. The standard InChI is InChI=1S/C10H24O3Si.C3H4O2/c1-5-6-7-8-9-10-14(11-2,12-3)13-4;1-2-3(4)5/h5-10H2,1-4H3;2H,1H2,(H,4,5). The van der Waals surface area contributed by atoms with Gasteiger partial charge in [0.1, 0.15) is 0 Å². The molecule has 0 bridgehead atoms. The Kier molecular flexibility index (Phi) is 14.9. The van der Waals surface area contributed by atoms with Crippen LogP contribution < -0.4 is 0 Å². The molecular weight excluding hydrogens is 264 g/mol. The molecule has 0 aliphatic carbocycles. The van der Waals surface area contributed by atoms with E-state index in [4.69, 9.17) is 18.4 Å². The first-order chi connectivity index (χ1) is 9.01. The third-order valence-corrected chi connectivity index (χ3v) is 5.53. The van der Waals surface area contributed by atoms with Crippen LogP contribution in [0.2, 0.25) is 6.04 Å². The number of hydrogen-bond acceptors (Lipinski definition) is 4. The van der Waals surface area contributed by atoms with Crippen LogP contribution in [0.3, 0.4) is 0 Å². The molecule has 0 saturated heterocycles. The quantitative estimate of drug-likeness (QED) is 0.381. The normalized spacial score (nSPS) is 10.5. The molecule has 0 spiro atoms. The third kappa shape index (κ3) is 12.1. The van der Waals surface area contributed by atoms with E-state index in [1.54, 1.807) is 21.3 Å². The second kappa shape index (κ2) is 13.7. The summed E-state index contributed by atoms with van der Waals surface area (Å²) in [5.41, 5.74) is 0. The molecule has 19 heavy (non-hydrogen) atoms. The van der Waals surface area contributed by atoms with Crippen molar-refractivity contribution in [3.8, 4) is 0 Å². The number of carbonyl (C=O) groups is 1. The zero-order valence-corrected chi connectivity index (χ0v) is 13.6. The Morgan fingerprint density at radius 3 is 1.84 bits per heavy atom. The number of carboxylic acid groups (broad SMARTS) is 1. The first-order valence-corrected chi connectivity index (χ1v) is 8.45. The Labute approximate surface area is 117 Å². The van der Waals surface area contributed by atoms with Crippen molar-refractivity contribution in [1.82, 2.24) is 0 Å². The minimum Gasteiger partial charge on any atom is -0.478 e. The summed E-state index contributed by atoms with van der Waals surface area (Å²) in [5, 5.41) is 7.60. The molecular formula is C13H28O5Si. The summed E-state index contributed by atoms with van der Waals surface area (Å²) in [6.45, 7) is 5.18. The minimum atomic E-state index is -2.28. The van der Waals surface area contributed by atoms with Crippen LogP contribution >= 0.6 is 0 Å². The van der Waals surface area contributed by atoms with Gasteiger partial charge in [0.25, 0.3) is 0 Å². The lowest BCUT2D eigenvalue weighted by Crippen LogP contribution is -2.42. The molecule has 0 aliphatic heterocycles. The Bertz CT molecular complexity index is 221. The lowest BCUT2D eigenvalue weighted by molar-refractivity contribution is -0.131. The molecule has 0 aromatic rings. The van der Waals surface area contributed by atoms with Crippen molar-refractivity contribution in [2.45, 2.75) is 45.1 Å². The van der Waals surface area contributed by atoms with E-state index in [9.17, 15) is 4.79 Å². The average molecular weight is 292 g/mol. The van der Waals surface area contributed by atoms with Crippen LogP contribution in [0.4, 0.5) is 0 Å². The van der Waals surface area contributed by atoms with Crippen molar-refractivity contribution in [2.24, 2.45) is 0 Å². The van der Waals surface area contributed by atoms with E-state index in [0.29, 0.717) is 0 Å². The van der Waals surface area contributed by atoms with E-state index in [1.807, 2.05) is 0 Å². The maximum Gasteiger partial charge on any atom is 0.500 e. The minimum absolute atomic E-state index is 0.833. The number of hydrogen-bond donors (Lipinski definition) is 1. The van der Waals surface area contributed by atoms with Gasteiger partial charge in [-0.05, 0) is 6.42 Å². The topological polar surface area (TPSA) is 65.0 Å². The van der Waals surface area contributed by atoms with Crippen molar-refractivity contribution >= 4 is 14.8 Å². The molecule has 0 heterocycles. The highest BCUT2D eigenvalue weighted by molar-refractivity contribution is 6.60. The Hall–Kier alpha value is -0.693. The van der Waals surface area contributed by atoms with Crippen LogP contribution in [0.25, 0.3) is 0 Å². The second-order valence-electron chi connectivity index (χ2n) is 4.00. The van der Waals surface area contributed by atoms with Gasteiger partial charge in [-0.2, -0.15) is 0 Å². The molecule has 0 atom stereocenters. The first kappa shape index (κ1) is 20.6. The fraction of sp³-hybridized carbons (Fsp3) is 0.769. The van der Waals surface area contributed by atoms with Gasteiger partial charge in [-0.3, -0.25) is 0 Å². The highest BCUT2D eigenvalue weighted by Crippen LogP contribution is 2.17. The molecule has 114 valence electrons. The van der Waals surface area contributed by atoms with Crippen molar-refractivity contribution in [2.75, 3.05) is 21.3 Å². The summed E-state index contributed by atoms with van der Waals surface area (Å²) >= 11 is 0. The largest absolute Gasteiger partial charge is 0.500 e. The van der Waals surface area contributed by atoms with E-state index in [0.717, 1.165) is 18.5 Å². The summed E-state index contributed by atoms with van der Waals surface area (Å²) in [6, 6.07) is 0.931. The molecule has 0 aromatic heterocycles. The van der Waals surface area contributed by atoms with Crippen LogP contribution in [-0.4, -0.2) is 41.2 Å². The zero-order valence-electron chi connectivity index (χ0n) is 12.6. The average Bonchev–Trinajstić information content (AvgIpc) is 2.44. The van der Waals surface area contributed by atoms with Crippen molar-refractivity contribution in [3.05, 3.63) is 12.7 Å². The van der Waals surface area contributed by atoms with Gasteiger partial charge in [0.2, 0.25) is 0 Å². The van der Waals surface area contributed by atoms with Crippen molar-refractivity contribution < 1.29 is 23.2 Å². The second-order valence-corrected chi connectivity index (χ2v) is 7.09. The molecule has 0 aliphatic rings. The lowest BCUT2D eigenvalue weighted by atomic mass is 10.2. The Balaban J connectivity index is 0. The SMILES string of the molecule is C=CC(=O)O.CCCCCCC[Si](OC)(OC)OC. The van der Waals surface area contributed by atoms with Gasteiger partial charge < -0.3 is 18.4 Å². The van der Waals surface area contributed by atoms with Gasteiger partial charge in [-0.15, -0.1) is 0 Å². The summed E-state index contributed by atoms with van der Waals surface area (Å²) in [5.74, 6) is -0.981. The Morgan fingerprint density at radius 2 is 1.53 bits per heavy atom. The van der Waals surface area contributed by atoms with Gasteiger partial charge in [0.05, 0.1) is 0 Å². The van der Waals surface area contributed by atoms with Gasteiger partial charge in [-0.1, -0.05) is 39.2 Å². The summed E-state index contributed by atoms with van der Waals surface area (Å²) < 4.78 is 16.0. The fourth-order valence-electron chi connectivity index (χ4n) is 1.50. The number of rotatable bonds is 10. The van der Waals surface area contributed by atoms with E-state index in [2.05, 4.69) is 13.5 Å². The van der Waals surface area contributed by atoms with Gasteiger partial charge >= 0.3 is 14.8 Å². The Morgan fingerprint density at radius 1 is 1.11 bits per heavy atom. The van der Waals surface area contributed by atoms with E-state index in [1.165, 1.54) is 25.7 Å². The van der Waals surface area contributed by atoms with Crippen LogP contribution in [-0.2, 0) is 18.1 Å². The van der Waals surface area contributed by atoms with Crippen molar-refractivity contribution in [1.29, 1.82) is 0 Å². The van der Waals surface area contributed by atoms with Crippen LogP contribution in [0, 0.1) is 0 Å². The predicted molar refractivity (Wildman–Crippen MR) is 78.2 cm³/mol. The first-order valence-electron chi connectivity index (χ1n) is 6.52. The molecule has 1 N–H and O–H groups in total. The molecule has 0 unspecified atom stereocenters. The van der Waals surface area contributed by atoms with Crippen LogP contribution in [0.5, 0.6) is 0 Å². The molecule has 0 aromatic carbocycles. The van der Waals surface area contributed by atoms with Gasteiger partial charge in [0.15, 0.2) is 0 Å². The van der Waals surface area contributed by atoms with Crippen LogP contribution in [0.15, 0.2) is 12.7 Å². The monoisotopic (exact) mass is 292 g/mol. The molecule has 0 fully saturated rings. The third-order valence-electron chi connectivity index (χ3n) is 2.69. The number of aliphatic carboxylic acids is 1. The summed E-state index contributed by atoms with van der Waals surface area (Å²) in [4.78, 5) is 9.25. The molecule has 0 saturated carbocycles. The van der Waals surface area contributed by atoms with E-state index < -0.39 is 14.8 Å². The highest BCUT2D eigenvalue weighted by atomic mass is 28.4. The number of carboxylic acids is 1. The molecule has 0 rings (SSSR count). The molecule has 0 amide bonds.